The van der Waals surface area contributed by atoms with Gasteiger partial charge in [-0.05, 0) is 38.1 Å². The Morgan fingerprint density at radius 1 is 1.18 bits per heavy atom. The van der Waals surface area contributed by atoms with Gasteiger partial charge in [-0.2, -0.15) is 0 Å². The lowest BCUT2D eigenvalue weighted by molar-refractivity contribution is 0.393. The maximum absolute atomic E-state index is 12.6. The number of ether oxygens (including phenoxy) is 1. The molecule has 0 aliphatic carbocycles. The number of methoxy groups -OCH3 is 1. The van der Waals surface area contributed by atoms with Crippen molar-refractivity contribution in [2.45, 2.75) is 13.8 Å². The van der Waals surface area contributed by atoms with Gasteiger partial charge in [-0.3, -0.25) is 4.79 Å². The van der Waals surface area contributed by atoms with E-state index in [9.17, 15) is 9.59 Å². The van der Waals surface area contributed by atoms with Gasteiger partial charge in [0, 0.05) is 11.5 Å². The quantitative estimate of drug-likeness (QED) is 0.733. The largest absolute Gasteiger partial charge is 0.497 e. The van der Waals surface area contributed by atoms with Crippen LogP contribution < -0.4 is 15.3 Å². The van der Waals surface area contributed by atoms with Gasteiger partial charge in [0.2, 0.25) is 0 Å². The van der Waals surface area contributed by atoms with Crippen LogP contribution in [0.5, 0.6) is 5.75 Å². The van der Waals surface area contributed by atoms with Gasteiger partial charge in [-0.15, -0.1) is 0 Å². The van der Waals surface area contributed by atoms with Crippen LogP contribution >= 0.6 is 11.5 Å². The van der Waals surface area contributed by atoms with E-state index in [0.29, 0.717) is 28.6 Å². The van der Waals surface area contributed by atoms with E-state index in [0.717, 1.165) is 16.1 Å². The van der Waals surface area contributed by atoms with Crippen molar-refractivity contribution in [2.75, 3.05) is 7.11 Å². The fraction of sp³-hybridized carbons (Fsp3) is 0.214. The monoisotopic (exact) mass is 319 g/mol. The SMILES string of the molecule is COc1ccc(-n2c(=O)sn(-c3c(C)noc3C)c2=O)cc1. The average molecular weight is 319 g/mol. The minimum absolute atomic E-state index is 0.379. The summed E-state index contributed by atoms with van der Waals surface area (Å²) in [5.41, 5.74) is 1.11. The summed E-state index contributed by atoms with van der Waals surface area (Å²) in [4.78, 5) is 24.4. The zero-order chi connectivity index (χ0) is 15.9. The Morgan fingerprint density at radius 3 is 2.41 bits per heavy atom. The van der Waals surface area contributed by atoms with Crippen molar-refractivity contribution in [3.63, 3.8) is 0 Å². The number of benzene rings is 1. The summed E-state index contributed by atoms with van der Waals surface area (Å²) >= 11 is 0.812. The van der Waals surface area contributed by atoms with Crippen molar-refractivity contribution >= 4 is 11.5 Å². The van der Waals surface area contributed by atoms with E-state index in [-0.39, 0.29) is 4.87 Å². The smallest absolute Gasteiger partial charge is 0.350 e. The number of hydrogen-bond donors (Lipinski definition) is 0. The molecule has 0 saturated heterocycles. The highest BCUT2D eigenvalue weighted by Crippen LogP contribution is 2.18. The number of aromatic nitrogens is 3. The maximum atomic E-state index is 12.6. The third kappa shape index (κ3) is 2.17. The Morgan fingerprint density at radius 2 is 1.86 bits per heavy atom. The summed E-state index contributed by atoms with van der Waals surface area (Å²) in [6.45, 7) is 3.42. The number of aryl methyl sites for hydroxylation is 2. The van der Waals surface area contributed by atoms with Crippen LogP contribution in [0, 0.1) is 13.8 Å². The molecule has 0 N–H and O–H groups in total. The number of rotatable bonds is 3. The Balaban J connectivity index is 2.19. The molecule has 0 bridgehead atoms. The van der Waals surface area contributed by atoms with Crippen LogP contribution in [0.15, 0.2) is 38.4 Å². The van der Waals surface area contributed by atoms with E-state index in [1.165, 1.54) is 3.96 Å². The summed E-state index contributed by atoms with van der Waals surface area (Å²) in [5, 5.41) is 3.81. The molecule has 2 aromatic heterocycles. The lowest BCUT2D eigenvalue weighted by atomic mass is 10.3. The molecule has 7 nitrogen and oxygen atoms in total. The second kappa shape index (κ2) is 5.30. The van der Waals surface area contributed by atoms with Gasteiger partial charge in [0.05, 0.1) is 12.8 Å². The summed E-state index contributed by atoms with van der Waals surface area (Å²) in [6, 6.07) is 6.70. The van der Waals surface area contributed by atoms with E-state index >= 15 is 0 Å². The minimum atomic E-state index is -0.449. The fourth-order valence-corrected chi connectivity index (χ4v) is 3.12. The van der Waals surface area contributed by atoms with Crippen molar-refractivity contribution in [1.29, 1.82) is 0 Å². The molecule has 0 aliphatic rings. The van der Waals surface area contributed by atoms with Crippen molar-refractivity contribution in [1.82, 2.24) is 13.7 Å². The molecule has 3 rings (SSSR count). The van der Waals surface area contributed by atoms with Gasteiger partial charge in [0.1, 0.15) is 17.1 Å². The molecule has 8 heteroatoms. The van der Waals surface area contributed by atoms with Crippen LogP contribution in [0.2, 0.25) is 0 Å². The first-order valence-electron chi connectivity index (χ1n) is 6.46. The second-order valence-corrected chi connectivity index (χ2v) is 5.54. The standard InChI is InChI=1S/C14H13N3O4S/c1-8-12(9(2)21-15-8)17-13(18)16(14(19)22-17)10-4-6-11(20-3)7-5-10/h4-7H,1-3H3. The zero-order valence-corrected chi connectivity index (χ0v) is 13.0. The van der Waals surface area contributed by atoms with Crippen LogP contribution in [0.1, 0.15) is 11.5 Å². The number of nitrogens with zero attached hydrogens (tertiary/aromatic N) is 3. The first kappa shape index (κ1) is 14.3. The van der Waals surface area contributed by atoms with Gasteiger partial charge < -0.3 is 9.26 Å². The highest BCUT2D eigenvalue weighted by Gasteiger charge is 2.19. The van der Waals surface area contributed by atoms with Crippen molar-refractivity contribution in [3.8, 4) is 17.1 Å². The Bertz CT molecular complexity index is 911. The van der Waals surface area contributed by atoms with E-state index < -0.39 is 5.69 Å². The topological polar surface area (TPSA) is 79.3 Å². The van der Waals surface area contributed by atoms with E-state index in [1.54, 1.807) is 45.2 Å². The normalized spacial score (nSPS) is 10.9. The Kier molecular flexibility index (Phi) is 3.45. The molecule has 0 saturated carbocycles. The predicted molar refractivity (Wildman–Crippen MR) is 81.6 cm³/mol. The lowest BCUT2D eigenvalue weighted by Crippen LogP contribution is -2.27. The molecule has 3 aromatic rings. The van der Waals surface area contributed by atoms with E-state index in [2.05, 4.69) is 5.16 Å². The van der Waals surface area contributed by atoms with Crippen LogP contribution in [-0.4, -0.2) is 20.8 Å². The molecule has 1 aromatic carbocycles. The van der Waals surface area contributed by atoms with Crippen LogP contribution in [0.25, 0.3) is 11.4 Å². The van der Waals surface area contributed by atoms with Crippen LogP contribution in [0.3, 0.4) is 0 Å². The van der Waals surface area contributed by atoms with E-state index in [1.807, 2.05) is 0 Å². The third-order valence-corrected chi connectivity index (χ3v) is 4.11. The first-order valence-corrected chi connectivity index (χ1v) is 7.23. The molecule has 22 heavy (non-hydrogen) atoms. The Labute approximate surface area is 129 Å². The fourth-order valence-electron chi connectivity index (χ4n) is 2.18. The molecule has 0 unspecified atom stereocenters. The number of hydrogen-bond acceptors (Lipinski definition) is 6. The minimum Gasteiger partial charge on any atom is -0.497 e. The maximum Gasteiger partial charge on any atom is 0.350 e. The van der Waals surface area contributed by atoms with Gasteiger partial charge in [-0.25, -0.2) is 13.3 Å². The Hall–Kier alpha value is -2.61. The molecule has 114 valence electrons. The van der Waals surface area contributed by atoms with Gasteiger partial charge >= 0.3 is 10.6 Å². The lowest BCUT2D eigenvalue weighted by Gasteiger charge is -2.02. The van der Waals surface area contributed by atoms with Gasteiger partial charge in [-0.1, -0.05) is 5.16 Å². The van der Waals surface area contributed by atoms with Crippen LogP contribution in [0.4, 0.5) is 0 Å². The predicted octanol–water partition coefficient (Wildman–Crippen LogP) is 1.66. The first-order chi connectivity index (χ1) is 10.5. The second-order valence-electron chi connectivity index (χ2n) is 4.64. The highest BCUT2D eigenvalue weighted by molar-refractivity contribution is 7.03. The molecular formula is C14H13N3O4S. The molecule has 0 aliphatic heterocycles. The van der Waals surface area contributed by atoms with Gasteiger partial charge in [0.15, 0.2) is 5.76 Å². The molecule has 0 fully saturated rings. The van der Waals surface area contributed by atoms with Gasteiger partial charge in [0.25, 0.3) is 0 Å². The summed E-state index contributed by atoms with van der Waals surface area (Å²) in [6.07, 6.45) is 0. The van der Waals surface area contributed by atoms with E-state index in [4.69, 9.17) is 9.26 Å². The molecule has 0 radical (unpaired) electrons. The summed E-state index contributed by atoms with van der Waals surface area (Å²) < 4.78 is 12.5. The molecule has 0 spiro atoms. The zero-order valence-electron chi connectivity index (χ0n) is 12.2. The molecule has 0 amide bonds. The third-order valence-electron chi connectivity index (χ3n) is 3.25. The summed E-state index contributed by atoms with van der Waals surface area (Å²) in [5.74, 6) is 1.14. The average Bonchev–Trinajstić information content (AvgIpc) is 2.98. The summed E-state index contributed by atoms with van der Waals surface area (Å²) in [7, 11) is 1.55. The molecule has 2 heterocycles. The highest BCUT2D eigenvalue weighted by atomic mass is 32.1. The van der Waals surface area contributed by atoms with Crippen molar-refractivity contribution in [2.24, 2.45) is 0 Å². The van der Waals surface area contributed by atoms with Crippen molar-refractivity contribution in [3.05, 3.63) is 55.9 Å². The van der Waals surface area contributed by atoms with Crippen LogP contribution in [-0.2, 0) is 0 Å². The molecular weight excluding hydrogens is 306 g/mol. The molecule has 0 atom stereocenters. The van der Waals surface area contributed by atoms with Crippen molar-refractivity contribution < 1.29 is 9.26 Å².